The molecule has 0 saturated carbocycles. The molecule has 0 atom stereocenters. The van der Waals surface area contributed by atoms with Crippen molar-refractivity contribution in [1.29, 1.82) is 0 Å². The lowest BCUT2D eigenvalue weighted by molar-refractivity contribution is -0.578. The molecule has 0 N–H and O–H groups in total. The zero-order chi connectivity index (χ0) is 13.8. The molecule has 2 heteroatoms. The minimum atomic E-state index is 0.965. The van der Waals surface area contributed by atoms with Crippen molar-refractivity contribution in [2.45, 2.75) is 0 Å². The number of nitrogens with zero attached hydrogens (tertiary/aromatic N) is 2. The Hall–Kier alpha value is -2.74. The molecule has 0 amide bonds. The standard InChI is InChI=1S/C18H15N2/c1-15(16-5-3-2-4-6-16)20-13-9-18(10-14-20)17-7-11-19-12-8-17/h2-14H,1H2/q+1. The topological polar surface area (TPSA) is 16.8 Å². The van der Waals surface area contributed by atoms with Gasteiger partial charge in [0.15, 0.2) is 12.4 Å². The second-order valence-electron chi connectivity index (χ2n) is 4.54. The molecule has 2 aromatic heterocycles. The second kappa shape index (κ2) is 5.49. The van der Waals surface area contributed by atoms with E-state index in [1.807, 2.05) is 47.3 Å². The summed E-state index contributed by atoms with van der Waals surface area (Å²) in [7, 11) is 0. The van der Waals surface area contributed by atoms with Gasteiger partial charge in [0, 0.05) is 30.1 Å². The highest BCUT2D eigenvalue weighted by Gasteiger charge is 2.09. The molecule has 3 rings (SSSR count). The van der Waals surface area contributed by atoms with Crippen LogP contribution in [-0.4, -0.2) is 4.98 Å². The molecular weight excluding hydrogens is 244 g/mol. The Balaban J connectivity index is 1.89. The van der Waals surface area contributed by atoms with Crippen molar-refractivity contribution < 1.29 is 4.57 Å². The smallest absolute Gasteiger partial charge is 0.210 e. The maximum Gasteiger partial charge on any atom is 0.210 e. The fourth-order valence-electron chi connectivity index (χ4n) is 2.12. The molecule has 0 aliphatic rings. The van der Waals surface area contributed by atoms with Gasteiger partial charge in [-0.3, -0.25) is 4.98 Å². The summed E-state index contributed by atoms with van der Waals surface area (Å²) in [6, 6.07) is 18.4. The van der Waals surface area contributed by atoms with Gasteiger partial charge in [-0.25, -0.2) is 0 Å². The molecule has 1 aromatic carbocycles. The van der Waals surface area contributed by atoms with Crippen LogP contribution in [0.5, 0.6) is 0 Å². The number of rotatable bonds is 3. The number of hydrogen-bond acceptors (Lipinski definition) is 1. The summed E-state index contributed by atoms with van der Waals surface area (Å²) in [6.07, 6.45) is 7.68. The molecule has 20 heavy (non-hydrogen) atoms. The normalized spacial score (nSPS) is 10.2. The number of pyridine rings is 2. The van der Waals surface area contributed by atoms with Crippen LogP contribution in [0.1, 0.15) is 5.56 Å². The predicted octanol–water partition coefficient (Wildman–Crippen LogP) is 3.56. The molecule has 2 heterocycles. The second-order valence-corrected chi connectivity index (χ2v) is 4.54. The minimum Gasteiger partial charge on any atom is -0.265 e. The van der Waals surface area contributed by atoms with E-state index in [9.17, 15) is 0 Å². The Bertz CT molecular complexity index is 701. The molecule has 0 unspecified atom stereocenters. The largest absolute Gasteiger partial charge is 0.265 e. The van der Waals surface area contributed by atoms with Gasteiger partial charge in [-0.05, 0) is 42.0 Å². The van der Waals surface area contributed by atoms with Gasteiger partial charge in [-0.2, -0.15) is 4.57 Å². The summed E-state index contributed by atoms with van der Waals surface area (Å²) >= 11 is 0. The Labute approximate surface area is 118 Å². The third-order valence-electron chi connectivity index (χ3n) is 3.26. The van der Waals surface area contributed by atoms with Gasteiger partial charge >= 0.3 is 0 Å². The predicted molar refractivity (Wildman–Crippen MR) is 80.7 cm³/mol. The van der Waals surface area contributed by atoms with Crippen LogP contribution in [0.25, 0.3) is 16.8 Å². The molecular formula is C18H15N2+. The minimum absolute atomic E-state index is 0.965. The van der Waals surface area contributed by atoms with E-state index in [4.69, 9.17) is 0 Å². The van der Waals surface area contributed by atoms with E-state index in [2.05, 4.69) is 35.8 Å². The van der Waals surface area contributed by atoms with Crippen molar-refractivity contribution in [3.63, 3.8) is 0 Å². The number of aromatic nitrogens is 2. The van der Waals surface area contributed by atoms with E-state index in [-0.39, 0.29) is 0 Å². The first kappa shape index (κ1) is 12.3. The first-order chi connectivity index (χ1) is 9.84. The summed E-state index contributed by atoms with van der Waals surface area (Å²) in [5.74, 6) is 0. The molecule has 0 aliphatic carbocycles. The van der Waals surface area contributed by atoms with Crippen LogP contribution in [0.15, 0.2) is 86.0 Å². The molecule has 0 aliphatic heterocycles. The highest BCUT2D eigenvalue weighted by molar-refractivity contribution is 5.62. The lowest BCUT2D eigenvalue weighted by atomic mass is 10.1. The first-order valence-corrected chi connectivity index (χ1v) is 6.51. The highest BCUT2D eigenvalue weighted by Crippen LogP contribution is 2.16. The van der Waals surface area contributed by atoms with Gasteiger partial charge in [-0.15, -0.1) is 0 Å². The van der Waals surface area contributed by atoms with Crippen molar-refractivity contribution in [3.05, 3.63) is 91.5 Å². The average Bonchev–Trinajstić information content (AvgIpc) is 2.56. The fraction of sp³-hybridized carbons (Fsp3) is 0. The summed E-state index contributed by atoms with van der Waals surface area (Å²) in [4.78, 5) is 4.04. The Kier molecular flexibility index (Phi) is 3.38. The fourth-order valence-corrected chi connectivity index (χ4v) is 2.12. The average molecular weight is 259 g/mol. The monoisotopic (exact) mass is 259 g/mol. The molecule has 0 bridgehead atoms. The van der Waals surface area contributed by atoms with E-state index in [0.29, 0.717) is 0 Å². The molecule has 3 aromatic rings. The van der Waals surface area contributed by atoms with Gasteiger partial charge in [0.1, 0.15) is 0 Å². The Morgan fingerprint density at radius 3 is 2.05 bits per heavy atom. The third kappa shape index (κ3) is 2.50. The van der Waals surface area contributed by atoms with Crippen molar-refractivity contribution in [2.24, 2.45) is 0 Å². The SMILES string of the molecule is C=C(c1ccccc1)[n+]1ccc(-c2ccncc2)cc1. The van der Waals surface area contributed by atoms with Gasteiger partial charge in [0.2, 0.25) is 5.70 Å². The van der Waals surface area contributed by atoms with Gasteiger partial charge in [0.25, 0.3) is 0 Å². The van der Waals surface area contributed by atoms with E-state index in [1.165, 1.54) is 5.56 Å². The summed E-state index contributed by atoms with van der Waals surface area (Å²) in [6.45, 7) is 4.15. The molecule has 2 nitrogen and oxygen atoms in total. The third-order valence-corrected chi connectivity index (χ3v) is 3.26. The van der Waals surface area contributed by atoms with Gasteiger partial charge in [0.05, 0.1) is 0 Å². The van der Waals surface area contributed by atoms with Crippen LogP contribution in [0.2, 0.25) is 0 Å². The van der Waals surface area contributed by atoms with Crippen molar-refractivity contribution >= 4 is 5.70 Å². The highest BCUT2D eigenvalue weighted by atomic mass is 14.9. The Morgan fingerprint density at radius 2 is 1.40 bits per heavy atom. The van der Waals surface area contributed by atoms with E-state index in [1.54, 1.807) is 12.4 Å². The summed E-state index contributed by atoms with van der Waals surface area (Å²) in [5, 5.41) is 0. The molecule has 0 saturated heterocycles. The lowest BCUT2D eigenvalue weighted by Gasteiger charge is -2.02. The van der Waals surface area contributed by atoms with E-state index >= 15 is 0 Å². The van der Waals surface area contributed by atoms with Crippen LogP contribution < -0.4 is 4.57 Å². The van der Waals surface area contributed by atoms with E-state index in [0.717, 1.165) is 16.8 Å². The zero-order valence-corrected chi connectivity index (χ0v) is 11.1. The van der Waals surface area contributed by atoms with Crippen LogP contribution >= 0.6 is 0 Å². The maximum absolute atomic E-state index is 4.15. The van der Waals surface area contributed by atoms with E-state index < -0.39 is 0 Å². The summed E-state index contributed by atoms with van der Waals surface area (Å²) < 4.78 is 2.03. The Morgan fingerprint density at radius 1 is 0.800 bits per heavy atom. The lowest BCUT2D eigenvalue weighted by Crippen LogP contribution is -2.30. The maximum atomic E-state index is 4.15. The van der Waals surface area contributed by atoms with Crippen LogP contribution in [-0.2, 0) is 0 Å². The molecule has 96 valence electrons. The van der Waals surface area contributed by atoms with Crippen LogP contribution in [0.4, 0.5) is 0 Å². The van der Waals surface area contributed by atoms with Crippen molar-refractivity contribution in [2.75, 3.05) is 0 Å². The molecule has 0 fully saturated rings. The van der Waals surface area contributed by atoms with Gasteiger partial charge in [-0.1, -0.05) is 18.2 Å². The van der Waals surface area contributed by atoms with Gasteiger partial charge < -0.3 is 0 Å². The zero-order valence-electron chi connectivity index (χ0n) is 11.1. The van der Waals surface area contributed by atoms with Crippen molar-refractivity contribution in [3.8, 4) is 11.1 Å². The molecule has 0 spiro atoms. The number of benzene rings is 1. The quantitative estimate of drug-likeness (QED) is 0.657. The first-order valence-electron chi connectivity index (χ1n) is 6.51. The van der Waals surface area contributed by atoms with Crippen LogP contribution in [0.3, 0.4) is 0 Å². The van der Waals surface area contributed by atoms with Crippen LogP contribution in [0, 0.1) is 0 Å². The van der Waals surface area contributed by atoms with Crippen molar-refractivity contribution in [1.82, 2.24) is 4.98 Å². The summed E-state index contributed by atoms with van der Waals surface area (Å²) in [5.41, 5.74) is 4.42. The molecule has 0 radical (unpaired) electrons. The number of hydrogen-bond donors (Lipinski definition) is 0.